The lowest BCUT2D eigenvalue weighted by Gasteiger charge is -2.07. The predicted octanol–water partition coefficient (Wildman–Crippen LogP) is 3.74. The number of amides is 1. The lowest BCUT2D eigenvalue weighted by Crippen LogP contribution is -2.26. The maximum atomic E-state index is 13.0. The molecule has 2 rings (SSSR count). The molecule has 120 valence electrons. The SMILES string of the molecule is C/C(=N/NC(=O)CNc1ccc(C)cc1)c1ccc(F)cc1Cl. The molecule has 0 atom stereocenters. The van der Waals surface area contributed by atoms with E-state index in [1.165, 1.54) is 18.2 Å². The molecule has 0 aliphatic carbocycles. The number of hydrogen-bond donors (Lipinski definition) is 2. The molecule has 0 spiro atoms. The van der Waals surface area contributed by atoms with Gasteiger partial charge >= 0.3 is 0 Å². The summed E-state index contributed by atoms with van der Waals surface area (Å²) in [4.78, 5) is 11.8. The average Bonchev–Trinajstić information content (AvgIpc) is 2.52. The molecule has 0 saturated carbocycles. The van der Waals surface area contributed by atoms with Crippen LogP contribution in [0.4, 0.5) is 10.1 Å². The van der Waals surface area contributed by atoms with Gasteiger partial charge in [0.25, 0.3) is 5.91 Å². The van der Waals surface area contributed by atoms with E-state index in [0.29, 0.717) is 11.3 Å². The van der Waals surface area contributed by atoms with Gasteiger partial charge in [-0.2, -0.15) is 5.10 Å². The maximum absolute atomic E-state index is 13.0. The van der Waals surface area contributed by atoms with Crippen molar-refractivity contribution >= 4 is 28.9 Å². The van der Waals surface area contributed by atoms with Gasteiger partial charge in [0.2, 0.25) is 0 Å². The number of anilines is 1. The van der Waals surface area contributed by atoms with Gasteiger partial charge in [-0.3, -0.25) is 4.79 Å². The lowest BCUT2D eigenvalue weighted by atomic mass is 10.1. The van der Waals surface area contributed by atoms with Gasteiger partial charge in [0.15, 0.2) is 0 Å². The Morgan fingerprint density at radius 1 is 1.22 bits per heavy atom. The zero-order valence-electron chi connectivity index (χ0n) is 12.9. The Morgan fingerprint density at radius 3 is 2.57 bits per heavy atom. The summed E-state index contributed by atoms with van der Waals surface area (Å²) in [5.74, 6) is -0.707. The smallest absolute Gasteiger partial charge is 0.259 e. The van der Waals surface area contributed by atoms with Crippen molar-refractivity contribution in [1.82, 2.24) is 5.43 Å². The van der Waals surface area contributed by atoms with Gasteiger partial charge in [-0.1, -0.05) is 29.3 Å². The molecule has 4 nitrogen and oxygen atoms in total. The van der Waals surface area contributed by atoms with Crippen LogP contribution in [0, 0.1) is 12.7 Å². The van der Waals surface area contributed by atoms with Crippen LogP contribution in [0.25, 0.3) is 0 Å². The van der Waals surface area contributed by atoms with Crippen LogP contribution in [0.5, 0.6) is 0 Å². The molecule has 1 amide bonds. The first kappa shape index (κ1) is 17.0. The van der Waals surface area contributed by atoms with Crippen molar-refractivity contribution in [1.29, 1.82) is 0 Å². The molecule has 23 heavy (non-hydrogen) atoms. The van der Waals surface area contributed by atoms with Gasteiger partial charge in [0, 0.05) is 11.3 Å². The normalized spacial score (nSPS) is 11.2. The second-order valence-corrected chi connectivity index (χ2v) is 5.48. The number of carbonyl (C=O) groups is 1. The van der Waals surface area contributed by atoms with Crippen LogP contribution >= 0.6 is 11.6 Å². The molecule has 0 radical (unpaired) electrons. The van der Waals surface area contributed by atoms with Crippen LogP contribution in [-0.4, -0.2) is 18.2 Å². The summed E-state index contributed by atoms with van der Waals surface area (Å²) < 4.78 is 13.0. The number of hydrogen-bond acceptors (Lipinski definition) is 3. The molecule has 0 unspecified atom stereocenters. The summed E-state index contributed by atoms with van der Waals surface area (Å²) >= 11 is 5.95. The van der Waals surface area contributed by atoms with Crippen LogP contribution in [-0.2, 0) is 4.79 Å². The van der Waals surface area contributed by atoms with Crippen molar-refractivity contribution in [3.63, 3.8) is 0 Å². The lowest BCUT2D eigenvalue weighted by molar-refractivity contribution is -0.119. The largest absolute Gasteiger partial charge is 0.376 e. The van der Waals surface area contributed by atoms with Crippen LogP contribution in [0.2, 0.25) is 5.02 Å². The minimum atomic E-state index is -0.419. The fraction of sp³-hybridized carbons (Fsp3) is 0.176. The maximum Gasteiger partial charge on any atom is 0.259 e. The van der Waals surface area contributed by atoms with E-state index < -0.39 is 5.82 Å². The summed E-state index contributed by atoms with van der Waals surface area (Å²) in [6, 6.07) is 11.7. The minimum Gasteiger partial charge on any atom is -0.376 e. The highest BCUT2D eigenvalue weighted by molar-refractivity contribution is 6.34. The molecule has 6 heteroatoms. The molecule has 0 fully saturated rings. The predicted molar refractivity (Wildman–Crippen MR) is 91.4 cm³/mol. The van der Waals surface area contributed by atoms with Crippen LogP contribution < -0.4 is 10.7 Å². The van der Waals surface area contributed by atoms with Gasteiger partial charge in [0.1, 0.15) is 5.82 Å². The van der Waals surface area contributed by atoms with E-state index in [-0.39, 0.29) is 17.5 Å². The Bertz CT molecular complexity index is 729. The molecule has 0 aromatic heterocycles. The summed E-state index contributed by atoms with van der Waals surface area (Å²) in [5.41, 5.74) is 5.51. The Hall–Kier alpha value is -2.40. The molecule has 0 saturated heterocycles. The highest BCUT2D eigenvalue weighted by atomic mass is 35.5. The van der Waals surface area contributed by atoms with Crippen molar-refractivity contribution in [3.05, 3.63) is 64.4 Å². The fourth-order valence-electron chi connectivity index (χ4n) is 1.88. The van der Waals surface area contributed by atoms with Crippen molar-refractivity contribution < 1.29 is 9.18 Å². The second-order valence-electron chi connectivity index (χ2n) is 5.08. The van der Waals surface area contributed by atoms with E-state index in [1.807, 2.05) is 31.2 Å². The zero-order valence-corrected chi connectivity index (χ0v) is 13.6. The number of nitrogens with zero attached hydrogens (tertiary/aromatic N) is 1. The van der Waals surface area contributed by atoms with E-state index in [4.69, 9.17) is 11.6 Å². The molecule has 2 aromatic carbocycles. The summed E-state index contributed by atoms with van der Waals surface area (Å²) in [5, 5.41) is 7.23. The van der Waals surface area contributed by atoms with E-state index in [0.717, 1.165) is 11.3 Å². The zero-order chi connectivity index (χ0) is 16.8. The Balaban J connectivity index is 1.90. The van der Waals surface area contributed by atoms with Crippen molar-refractivity contribution in [2.45, 2.75) is 13.8 Å². The third-order valence-corrected chi connectivity index (χ3v) is 3.49. The van der Waals surface area contributed by atoms with Gasteiger partial charge in [0.05, 0.1) is 17.3 Å². The molecule has 2 aromatic rings. The summed E-state index contributed by atoms with van der Waals surface area (Å²) in [6.07, 6.45) is 0. The number of hydrazone groups is 1. The van der Waals surface area contributed by atoms with E-state index in [1.54, 1.807) is 6.92 Å². The number of aryl methyl sites for hydroxylation is 1. The second kappa shape index (κ2) is 7.74. The third kappa shape index (κ3) is 5.07. The number of halogens is 2. The number of nitrogens with one attached hydrogen (secondary N) is 2. The van der Waals surface area contributed by atoms with E-state index >= 15 is 0 Å². The minimum absolute atomic E-state index is 0.0942. The summed E-state index contributed by atoms with van der Waals surface area (Å²) in [6.45, 7) is 3.78. The first-order valence-corrected chi connectivity index (χ1v) is 7.42. The molecular formula is C17H17ClFN3O. The molecule has 0 bridgehead atoms. The van der Waals surface area contributed by atoms with Gasteiger partial charge in [-0.15, -0.1) is 0 Å². The molecule has 2 N–H and O–H groups in total. The number of carbonyl (C=O) groups excluding carboxylic acids is 1. The van der Waals surface area contributed by atoms with Crippen LogP contribution in [0.1, 0.15) is 18.1 Å². The van der Waals surface area contributed by atoms with Gasteiger partial charge in [-0.25, -0.2) is 9.82 Å². The van der Waals surface area contributed by atoms with Crippen LogP contribution in [0.3, 0.4) is 0 Å². The third-order valence-electron chi connectivity index (χ3n) is 3.17. The standard InChI is InChI=1S/C17H17ClFN3O/c1-11-3-6-14(7-4-11)20-10-17(23)22-21-12(2)15-8-5-13(19)9-16(15)18/h3-9,20H,10H2,1-2H3,(H,22,23)/b21-12-. The first-order chi connectivity index (χ1) is 11.0. The first-order valence-electron chi connectivity index (χ1n) is 7.05. The number of rotatable bonds is 5. The van der Waals surface area contributed by atoms with Crippen molar-refractivity contribution in [2.24, 2.45) is 5.10 Å². The highest BCUT2D eigenvalue weighted by Gasteiger charge is 2.06. The quantitative estimate of drug-likeness (QED) is 0.647. The average molecular weight is 334 g/mol. The van der Waals surface area contributed by atoms with Gasteiger partial charge in [-0.05, 0) is 44.2 Å². The Morgan fingerprint density at radius 2 is 1.91 bits per heavy atom. The van der Waals surface area contributed by atoms with Gasteiger partial charge < -0.3 is 5.32 Å². The van der Waals surface area contributed by atoms with Crippen molar-refractivity contribution in [2.75, 3.05) is 11.9 Å². The Kier molecular flexibility index (Phi) is 5.71. The highest BCUT2D eigenvalue weighted by Crippen LogP contribution is 2.17. The summed E-state index contributed by atoms with van der Waals surface area (Å²) in [7, 11) is 0. The van der Waals surface area contributed by atoms with E-state index in [9.17, 15) is 9.18 Å². The Labute approximate surface area is 139 Å². The van der Waals surface area contributed by atoms with E-state index in [2.05, 4.69) is 15.8 Å². The van der Waals surface area contributed by atoms with Crippen molar-refractivity contribution in [3.8, 4) is 0 Å². The fourth-order valence-corrected chi connectivity index (χ4v) is 2.19. The molecule has 0 heterocycles. The topological polar surface area (TPSA) is 53.5 Å². The van der Waals surface area contributed by atoms with Crippen LogP contribution in [0.15, 0.2) is 47.6 Å². The molecular weight excluding hydrogens is 317 g/mol. The molecule has 0 aliphatic heterocycles. The number of benzene rings is 2. The monoisotopic (exact) mass is 333 g/mol. The molecule has 0 aliphatic rings.